The largest absolute Gasteiger partial charge is 0.317 e. The first-order valence-corrected chi connectivity index (χ1v) is 6.77. The summed E-state index contributed by atoms with van der Waals surface area (Å²) in [5.41, 5.74) is 2.23. The lowest BCUT2D eigenvalue weighted by Crippen LogP contribution is -2.03. The summed E-state index contributed by atoms with van der Waals surface area (Å²) < 4.78 is 1.73. The van der Waals surface area contributed by atoms with Gasteiger partial charge in [0.25, 0.3) is 0 Å². The van der Waals surface area contributed by atoms with Crippen molar-refractivity contribution in [3.8, 4) is 0 Å². The summed E-state index contributed by atoms with van der Waals surface area (Å²) in [5, 5.41) is 0.480. The van der Waals surface area contributed by atoms with Gasteiger partial charge < -0.3 is 4.57 Å². The van der Waals surface area contributed by atoms with Crippen LogP contribution < -0.4 is 0 Å². The molecule has 19 heavy (non-hydrogen) atoms. The lowest BCUT2D eigenvalue weighted by molar-refractivity contribution is 0.108. The Labute approximate surface area is 115 Å². The monoisotopic (exact) mass is 274 g/mol. The zero-order valence-electron chi connectivity index (χ0n) is 10.8. The van der Waals surface area contributed by atoms with Crippen molar-refractivity contribution in [1.29, 1.82) is 0 Å². The summed E-state index contributed by atoms with van der Waals surface area (Å²) in [6, 6.07) is 7.39. The molecular weight excluding hydrogens is 260 g/mol. The van der Waals surface area contributed by atoms with E-state index in [1.807, 2.05) is 26.0 Å². The molecule has 0 radical (unpaired) electrons. The molecule has 1 heterocycles. The first-order chi connectivity index (χ1) is 9.15. The molecule has 0 amide bonds. The molecule has 0 saturated heterocycles. The first kappa shape index (κ1) is 13.5. The van der Waals surface area contributed by atoms with E-state index in [4.69, 9.17) is 0 Å². The summed E-state index contributed by atoms with van der Waals surface area (Å²) in [6.07, 6.45) is 2.23. The van der Waals surface area contributed by atoms with Crippen molar-refractivity contribution >= 4 is 23.2 Å². The summed E-state index contributed by atoms with van der Waals surface area (Å²) in [6.45, 7) is 4.49. The van der Waals surface area contributed by atoms with Crippen LogP contribution in [-0.4, -0.2) is 21.0 Å². The van der Waals surface area contributed by atoms with Crippen molar-refractivity contribution < 1.29 is 9.59 Å². The Morgan fingerprint density at radius 2 is 2.05 bits per heavy atom. The van der Waals surface area contributed by atoms with Gasteiger partial charge >= 0.3 is 0 Å². The number of hydrogen-bond donors (Lipinski definition) is 0. The second-order valence-electron chi connectivity index (χ2n) is 4.08. The highest BCUT2D eigenvalue weighted by Gasteiger charge is 2.14. The van der Waals surface area contributed by atoms with Crippen LogP contribution in [0.4, 0.5) is 0 Å². The van der Waals surface area contributed by atoms with Crippen molar-refractivity contribution in [2.75, 3.05) is 0 Å². The van der Waals surface area contributed by atoms with E-state index < -0.39 is 0 Å². The second kappa shape index (κ2) is 5.84. The fourth-order valence-electron chi connectivity index (χ4n) is 1.70. The third-order valence-electron chi connectivity index (χ3n) is 2.76. The topological polar surface area (TPSA) is 52.0 Å². The molecule has 0 saturated carbocycles. The maximum Gasteiger partial charge on any atom is 0.227 e. The molecule has 4 nitrogen and oxygen atoms in total. The van der Waals surface area contributed by atoms with Crippen LogP contribution in [0.5, 0.6) is 0 Å². The molecule has 5 heteroatoms. The Morgan fingerprint density at radius 3 is 2.63 bits per heavy atom. The van der Waals surface area contributed by atoms with E-state index in [1.54, 1.807) is 16.7 Å². The van der Waals surface area contributed by atoms with E-state index in [0.717, 1.165) is 23.6 Å². The van der Waals surface area contributed by atoms with Crippen LogP contribution >= 0.6 is 11.8 Å². The van der Waals surface area contributed by atoms with Crippen LogP contribution in [0.25, 0.3) is 0 Å². The Balaban J connectivity index is 2.21. The van der Waals surface area contributed by atoms with E-state index in [2.05, 4.69) is 4.98 Å². The molecule has 0 N–H and O–H groups in total. The highest BCUT2D eigenvalue weighted by Crippen LogP contribution is 2.22. The Bertz CT molecular complexity index is 602. The van der Waals surface area contributed by atoms with Gasteiger partial charge in [0.05, 0.1) is 6.20 Å². The number of aromatic nitrogens is 2. The lowest BCUT2D eigenvalue weighted by atomic mass is 10.2. The average molecular weight is 274 g/mol. The molecule has 2 rings (SSSR count). The Hall–Kier alpha value is -1.88. The van der Waals surface area contributed by atoms with Gasteiger partial charge in [-0.2, -0.15) is 0 Å². The van der Waals surface area contributed by atoms with Crippen LogP contribution in [0, 0.1) is 6.92 Å². The minimum Gasteiger partial charge on any atom is -0.317 e. The fourth-order valence-corrected chi connectivity index (χ4v) is 2.57. The number of benzene rings is 1. The SMILES string of the molecule is CCn1c(C=O)cnc1SC(=O)c1ccc(C)cc1. The van der Waals surface area contributed by atoms with E-state index in [1.165, 1.54) is 6.20 Å². The van der Waals surface area contributed by atoms with E-state index in [-0.39, 0.29) is 5.12 Å². The number of aldehydes is 1. The van der Waals surface area contributed by atoms with Gasteiger partial charge in [-0.25, -0.2) is 4.98 Å². The Morgan fingerprint density at radius 1 is 1.37 bits per heavy atom. The number of hydrogen-bond acceptors (Lipinski definition) is 4. The summed E-state index contributed by atoms with van der Waals surface area (Å²) in [4.78, 5) is 27.1. The minimum absolute atomic E-state index is 0.0715. The normalized spacial score (nSPS) is 10.4. The van der Waals surface area contributed by atoms with E-state index >= 15 is 0 Å². The minimum atomic E-state index is -0.0715. The Kier molecular flexibility index (Phi) is 4.16. The third kappa shape index (κ3) is 2.93. The van der Waals surface area contributed by atoms with E-state index in [9.17, 15) is 9.59 Å². The predicted molar refractivity (Wildman–Crippen MR) is 74.7 cm³/mol. The summed E-state index contributed by atoms with van der Waals surface area (Å²) >= 11 is 1.04. The molecule has 1 aromatic heterocycles. The predicted octanol–water partition coefficient (Wildman–Crippen LogP) is 2.96. The summed E-state index contributed by atoms with van der Waals surface area (Å²) in [7, 11) is 0. The molecule has 2 aromatic rings. The van der Waals surface area contributed by atoms with Gasteiger partial charge in [-0.3, -0.25) is 9.59 Å². The second-order valence-corrected chi connectivity index (χ2v) is 5.02. The van der Waals surface area contributed by atoms with Gasteiger partial charge in [-0.15, -0.1) is 0 Å². The third-order valence-corrected chi connectivity index (χ3v) is 3.69. The molecule has 1 aromatic carbocycles. The average Bonchev–Trinajstić information content (AvgIpc) is 2.81. The molecular formula is C14H14N2O2S. The van der Waals surface area contributed by atoms with Gasteiger partial charge in [0.15, 0.2) is 11.4 Å². The van der Waals surface area contributed by atoms with Crippen LogP contribution in [-0.2, 0) is 6.54 Å². The number of nitrogens with zero attached hydrogens (tertiary/aromatic N) is 2. The van der Waals surface area contributed by atoms with Crippen molar-refractivity contribution in [3.63, 3.8) is 0 Å². The van der Waals surface area contributed by atoms with Crippen LogP contribution in [0.1, 0.15) is 33.3 Å². The first-order valence-electron chi connectivity index (χ1n) is 5.95. The van der Waals surface area contributed by atoms with Gasteiger partial charge in [-0.1, -0.05) is 29.8 Å². The molecule has 0 aliphatic heterocycles. The van der Waals surface area contributed by atoms with Gasteiger partial charge in [0.1, 0.15) is 5.69 Å². The van der Waals surface area contributed by atoms with Crippen molar-refractivity contribution in [2.24, 2.45) is 0 Å². The van der Waals surface area contributed by atoms with Crippen LogP contribution in [0.2, 0.25) is 0 Å². The number of thioether (sulfide) groups is 1. The smallest absolute Gasteiger partial charge is 0.227 e. The summed E-state index contributed by atoms with van der Waals surface area (Å²) in [5.74, 6) is 0. The molecule has 0 bridgehead atoms. The molecule has 0 spiro atoms. The van der Waals surface area contributed by atoms with Gasteiger partial charge in [0.2, 0.25) is 5.12 Å². The maximum absolute atomic E-state index is 12.1. The number of rotatable bonds is 4. The van der Waals surface area contributed by atoms with Crippen molar-refractivity contribution in [1.82, 2.24) is 9.55 Å². The zero-order valence-corrected chi connectivity index (χ0v) is 11.6. The number of aryl methyl sites for hydroxylation is 1. The maximum atomic E-state index is 12.1. The van der Waals surface area contributed by atoms with Gasteiger partial charge in [-0.05, 0) is 25.6 Å². The van der Waals surface area contributed by atoms with Crippen LogP contribution in [0.15, 0.2) is 35.6 Å². The lowest BCUT2D eigenvalue weighted by Gasteiger charge is -2.05. The van der Waals surface area contributed by atoms with E-state index in [0.29, 0.717) is 23.0 Å². The van der Waals surface area contributed by atoms with Crippen molar-refractivity contribution in [2.45, 2.75) is 25.5 Å². The molecule has 0 aliphatic rings. The zero-order chi connectivity index (χ0) is 13.8. The molecule has 0 unspecified atom stereocenters. The van der Waals surface area contributed by atoms with Crippen molar-refractivity contribution in [3.05, 3.63) is 47.3 Å². The molecule has 0 atom stereocenters. The van der Waals surface area contributed by atoms with Gasteiger partial charge in [0, 0.05) is 12.1 Å². The number of carbonyl (C=O) groups is 2. The highest BCUT2D eigenvalue weighted by atomic mass is 32.2. The number of carbonyl (C=O) groups excluding carboxylic acids is 2. The standard InChI is InChI=1S/C14H14N2O2S/c1-3-16-12(9-17)8-15-14(16)19-13(18)11-6-4-10(2)5-7-11/h4-9H,3H2,1-2H3. The highest BCUT2D eigenvalue weighted by molar-refractivity contribution is 8.14. The number of imidazole rings is 1. The molecule has 0 fully saturated rings. The fraction of sp³-hybridized carbons (Fsp3) is 0.214. The quantitative estimate of drug-likeness (QED) is 0.635. The molecule has 98 valence electrons. The van der Waals surface area contributed by atoms with Crippen LogP contribution in [0.3, 0.4) is 0 Å². The molecule has 0 aliphatic carbocycles.